The number of aliphatic hydroxyl groups is 1. The summed E-state index contributed by atoms with van der Waals surface area (Å²) in [5.74, 6) is 1.97. The van der Waals surface area contributed by atoms with Gasteiger partial charge in [-0.1, -0.05) is 0 Å². The van der Waals surface area contributed by atoms with Crippen LogP contribution in [0.2, 0.25) is 0 Å². The van der Waals surface area contributed by atoms with E-state index in [2.05, 4.69) is 4.98 Å². The van der Waals surface area contributed by atoms with Crippen molar-refractivity contribution in [2.75, 3.05) is 6.79 Å². The lowest BCUT2D eigenvalue weighted by Crippen LogP contribution is -2.52. The van der Waals surface area contributed by atoms with Gasteiger partial charge in [0.05, 0.1) is 0 Å². The lowest BCUT2D eigenvalue weighted by atomic mass is 9.85. The van der Waals surface area contributed by atoms with Crippen LogP contribution in [0.25, 0.3) is 0 Å². The summed E-state index contributed by atoms with van der Waals surface area (Å²) in [6, 6.07) is 5.37. The summed E-state index contributed by atoms with van der Waals surface area (Å²) < 4.78 is 12.6. The van der Waals surface area contributed by atoms with E-state index in [1.807, 2.05) is 22.7 Å². The van der Waals surface area contributed by atoms with Crippen molar-refractivity contribution in [3.63, 3.8) is 0 Å². The number of amides is 1. The van der Waals surface area contributed by atoms with E-state index < -0.39 is 5.60 Å². The Balaban J connectivity index is 1.42. The zero-order chi connectivity index (χ0) is 17.9. The monoisotopic (exact) mass is 355 g/mol. The Labute approximate surface area is 151 Å². The zero-order valence-corrected chi connectivity index (χ0v) is 14.6. The first kappa shape index (κ1) is 15.7. The number of nitrogens with zero attached hydrogens (tertiary/aromatic N) is 3. The molecule has 7 heteroatoms. The molecule has 1 N–H and O–H groups in total. The molecule has 4 heterocycles. The summed E-state index contributed by atoms with van der Waals surface area (Å²) in [7, 11) is 1.90. The van der Waals surface area contributed by atoms with E-state index in [0.29, 0.717) is 35.7 Å². The highest BCUT2D eigenvalue weighted by molar-refractivity contribution is 5.95. The molecule has 1 amide bonds. The van der Waals surface area contributed by atoms with E-state index in [1.54, 1.807) is 24.4 Å². The quantitative estimate of drug-likeness (QED) is 0.889. The van der Waals surface area contributed by atoms with Crippen molar-refractivity contribution in [2.45, 2.75) is 43.4 Å². The molecule has 0 spiro atoms. The minimum atomic E-state index is -0.976. The lowest BCUT2D eigenvalue weighted by Gasteiger charge is -2.43. The van der Waals surface area contributed by atoms with Gasteiger partial charge in [0.1, 0.15) is 11.4 Å². The molecule has 0 unspecified atom stereocenters. The largest absolute Gasteiger partial charge is 0.454 e. The van der Waals surface area contributed by atoms with E-state index in [4.69, 9.17) is 9.47 Å². The third kappa shape index (κ3) is 2.23. The van der Waals surface area contributed by atoms with Gasteiger partial charge in [-0.05, 0) is 31.0 Å². The van der Waals surface area contributed by atoms with Gasteiger partial charge in [-0.15, -0.1) is 0 Å². The normalized spacial score (nSPS) is 29.2. The van der Waals surface area contributed by atoms with Crippen molar-refractivity contribution in [3.05, 3.63) is 42.0 Å². The molecule has 2 saturated heterocycles. The average Bonchev–Trinajstić information content (AvgIpc) is 3.32. The molecule has 0 aliphatic carbocycles. The number of piperidine rings is 1. The SMILES string of the molecule is Cn1ccnc1C1(O)C[C@@H]2CC[C@@H](C1)N2C(=O)c1ccc2c(c1)OCO2. The van der Waals surface area contributed by atoms with Crippen molar-refractivity contribution in [3.8, 4) is 11.5 Å². The minimum Gasteiger partial charge on any atom is -0.454 e. The summed E-state index contributed by atoms with van der Waals surface area (Å²) >= 11 is 0. The Hall–Kier alpha value is -2.54. The second-order valence-corrected chi connectivity index (χ2v) is 7.47. The molecule has 2 aromatic rings. The van der Waals surface area contributed by atoms with Crippen LogP contribution in [-0.4, -0.2) is 44.3 Å². The first-order chi connectivity index (χ1) is 12.5. The maximum atomic E-state index is 13.2. The fraction of sp³-hybridized carbons (Fsp3) is 0.474. The van der Waals surface area contributed by atoms with Gasteiger partial charge < -0.3 is 24.0 Å². The summed E-state index contributed by atoms with van der Waals surface area (Å²) in [6.07, 6.45) is 6.41. The highest BCUT2D eigenvalue weighted by Crippen LogP contribution is 2.46. The zero-order valence-electron chi connectivity index (χ0n) is 14.6. The fourth-order valence-corrected chi connectivity index (χ4v) is 4.73. The van der Waals surface area contributed by atoms with Crippen molar-refractivity contribution < 1.29 is 19.4 Å². The van der Waals surface area contributed by atoms with Crippen molar-refractivity contribution in [1.29, 1.82) is 0 Å². The number of benzene rings is 1. The van der Waals surface area contributed by atoms with Crippen LogP contribution < -0.4 is 9.47 Å². The van der Waals surface area contributed by atoms with Gasteiger partial charge >= 0.3 is 0 Å². The maximum absolute atomic E-state index is 13.2. The maximum Gasteiger partial charge on any atom is 0.254 e. The fourth-order valence-electron chi connectivity index (χ4n) is 4.73. The number of ether oxygens (including phenoxy) is 2. The van der Waals surface area contributed by atoms with Gasteiger partial charge in [-0.2, -0.15) is 0 Å². The molecular weight excluding hydrogens is 334 g/mol. The van der Waals surface area contributed by atoms with Crippen molar-refractivity contribution in [1.82, 2.24) is 14.5 Å². The standard InChI is InChI=1S/C19H21N3O4/c1-21-7-6-20-18(21)19(24)9-13-3-4-14(10-19)22(13)17(23)12-2-5-15-16(8-12)26-11-25-15/h2,5-8,13-14,24H,3-4,9-11H2,1H3/t13-,14-/m0/s1. The van der Waals surface area contributed by atoms with Gasteiger partial charge in [0.15, 0.2) is 11.5 Å². The van der Waals surface area contributed by atoms with Gasteiger partial charge in [-0.25, -0.2) is 4.98 Å². The first-order valence-electron chi connectivity index (χ1n) is 8.98. The highest BCUT2D eigenvalue weighted by Gasteiger charge is 2.51. The summed E-state index contributed by atoms with van der Waals surface area (Å²) in [5.41, 5.74) is -0.371. The Morgan fingerprint density at radius 1 is 1.23 bits per heavy atom. The van der Waals surface area contributed by atoms with Crippen molar-refractivity contribution >= 4 is 5.91 Å². The topological polar surface area (TPSA) is 76.8 Å². The number of aromatic nitrogens is 2. The second kappa shape index (κ2) is 5.48. The Morgan fingerprint density at radius 3 is 2.65 bits per heavy atom. The molecule has 3 aliphatic heterocycles. The van der Waals surface area contributed by atoms with Crippen LogP contribution in [0.5, 0.6) is 11.5 Å². The highest BCUT2D eigenvalue weighted by atomic mass is 16.7. The lowest BCUT2D eigenvalue weighted by molar-refractivity contribution is -0.0555. The smallest absolute Gasteiger partial charge is 0.254 e. The van der Waals surface area contributed by atoms with Crippen LogP contribution in [-0.2, 0) is 12.6 Å². The predicted octanol–water partition coefficient (Wildman–Crippen LogP) is 1.80. The first-order valence-corrected chi connectivity index (χ1v) is 8.98. The van der Waals surface area contributed by atoms with Crippen LogP contribution in [0.3, 0.4) is 0 Å². The summed E-state index contributed by atoms with van der Waals surface area (Å²) in [6.45, 7) is 0.193. The Morgan fingerprint density at radius 2 is 1.96 bits per heavy atom. The predicted molar refractivity (Wildman–Crippen MR) is 91.9 cm³/mol. The Kier molecular flexibility index (Phi) is 3.31. The van der Waals surface area contributed by atoms with Gasteiger partial charge in [0.25, 0.3) is 5.91 Å². The van der Waals surface area contributed by atoms with Crippen LogP contribution in [0.1, 0.15) is 41.9 Å². The van der Waals surface area contributed by atoms with E-state index in [9.17, 15) is 9.90 Å². The number of fused-ring (bicyclic) bond motifs is 3. The second-order valence-electron chi connectivity index (χ2n) is 7.47. The van der Waals surface area contributed by atoms with E-state index >= 15 is 0 Å². The molecule has 136 valence electrons. The summed E-state index contributed by atoms with van der Waals surface area (Å²) in [5, 5.41) is 11.2. The van der Waals surface area contributed by atoms with Crippen LogP contribution in [0.4, 0.5) is 0 Å². The average molecular weight is 355 g/mol. The van der Waals surface area contributed by atoms with E-state index in [-0.39, 0.29) is 24.8 Å². The molecule has 3 aliphatic rings. The number of hydrogen-bond donors (Lipinski definition) is 1. The third-order valence-electron chi connectivity index (χ3n) is 5.86. The molecule has 0 radical (unpaired) electrons. The molecule has 1 aromatic carbocycles. The number of hydrogen-bond acceptors (Lipinski definition) is 5. The number of aryl methyl sites for hydroxylation is 1. The van der Waals surface area contributed by atoms with E-state index in [1.165, 1.54) is 0 Å². The van der Waals surface area contributed by atoms with Crippen molar-refractivity contribution in [2.24, 2.45) is 7.05 Å². The van der Waals surface area contributed by atoms with Gasteiger partial charge in [-0.3, -0.25) is 4.79 Å². The molecule has 5 rings (SSSR count). The molecule has 26 heavy (non-hydrogen) atoms. The molecule has 7 nitrogen and oxygen atoms in total. The van der Waals surface area contributed by atoms with Crippen LogP contribution >= 0.6 is 0 Å². The number of carbonyl (C=O) groups excluding carboxylic acids is 1. The number of carbonyl (C=O) groups is 1. The minimum absolute atomic E-state index is 0.00214. The molecule has 2 bridgehead atoms. The number of imidazole rings is 1. The molecule has 1 aromatic heterocycles. The third-order valence-corrected chi connectivity index (χ3v) is 5.86. The Bertz CT molecular complexity index is 863. The van der Waals surface area contributed by atoms with E-state index in [0.717, 1.165) is 12.8 Å². The molecular formula is C19H21N3O4. The van der Waals surface area contributed by atoms with Gasteiger partial charge in [0, 0.05) is 49.9 Å². The van der Waals surface area contributed by atoms with Crippen LogP contribution in [0.15, 0.2) is 30.6 Å². The van der Waals surface area contributed by atoms with Gasteiger partial charge in [0.2, 0.25) is 6.79 Å². The van der Waals surface area contributed by atoms with Crippen LogP contribution in [0, 0.1) is 0 Å². The summed E-state index contributed by atoms with van der Waals surface area (Å²) in [4.78, 5) is 19.5. The molecule has 0 saturated carbocycles. The number of rotatable bonds is 2. The molecule has 2 atom stereocenters. The molecule has 2 fully saturated rings.